The first kappa shape index (κ1) is 12.9. The standard InChI is InChI=1S/C16H23NO2/c1-17(10-12-8-14(18)9-12)11-13-6-7-19-16-5-3-2-4-15(13)16/h2-5,12-14,18H,6-11H2,1H3. The predicted molar refractivity (Wildman–Crippen MR) is 75.5 cm³/mol. The van der Waals surface area contributed by atoms with Gasteiger partial charge < -0.3 is 14.7 Å². The fraction of sp³-hybridized carbons (Fsp3) is 0.625. The van der Waals surface area contributed by atoms with E-state index in [1.807, 2.05) is 6.07 Å². The van der Waals surface area contributed by atoms with E-state index in [-0.39, 0.29) is 6.10 Å². The van der Waals surface area contributed by atoms with Gasteiger partial charge in [0.2, 0.25) is 0 Å². The van der Waals surface area contributed by atoms with Crippen LogP contribution in [0.4, 0.5) is 0 Å². The Morgan fingerprint density at radius 1 is 1.26 bits per heavy atom. The van der Waals surface area contributed by atoms with Gasteiger partial charge >= 0.3 is 0 Å². The molecule has 2 aliphatic rings. The van der Waals surface area contributed by atoms with Crippen molar-refractivity contribution in [1.29, 1.82) is 0 Å². The van der Waals surface area contributed by atoms with Crippen molar-refractivity contribution in [1.82, 2.24) is 4.90 Å². The van der Waals surface area contributed by atoms with Gasteiger partial charge in [-0.05, 0) is 43.9 Å². The normalized spacial score (nSPS) is 29.5. The molecule has 104 valence electrons. The summed E-state index contributed by atoms with van der Waals surface area (Å²) in [6.45, 7) is 3.03. The number of hydrogen-bond donors (Lipinski definition) is 1. The summed E-state index contributed by atoms with van der Waals surface area (Å²) >= 11 is 0. The fourth-order valence-electron chi connectivity index (χ4n) is 3.35. The molecule has 1 unspecified atom stereocenters. The molecule has 0 amide bonds. The van der Waals surface area contributed by atoms with E-state index < -0.39 is 0 Å². The second-order valence-electron chi connectivity index (χ2n) is 6.08. The quantitative estimate of drug-likeness (QED) is 0.902. The highest BCUT2D eigenvalue weighted by Crippen LogP contribution is 2.34. The second kappa shape index (κ2) is 5.51. The Morgan fingerprint density at radius 3 is 2.84 bits per heavy atom. The van der Waals surface area contributed by atoms with Crippen molar-refractivity contribution < 1.29 is 9.84 Å². The van der Waals surface area contributed by atoms with Crippen LogP contribution in [0.15, 0.2) is 24.3 Å². The van der Waals surface area contributed by atoms with Crippen molar-refractivity contribution in [3.05, 3.63) is 29.8 Å². The minimum atomic E-state index is -0.0396. The van der Waals surface area contributed by atoms with E-state index in [2.05, 4.69) is 30.1 Å². The summed E-state index contributed by atoms with van der Waals surface area (Å²) < 4.78 is 5.71. The zero-order valence-electron chi connectivity index (χ0n) is 11.6. The van der Waals surface area contributed by atoms with Crippen LogP contribution < -0.4 is 4.74 Å². The van der Waals surface area contributed by atoms with Gasteiger partial charge in [0.15, 0.2) is 0 Å². The minimum absolute atomic E-state index is 0.0396. The lowest BCUT2D eigenvalue weighted by Crippen LogP contribution is -2.38. The summed E-state index contributed by atoms with van der Waals surface area (Å²) in [5.74, 6) is 2.33. The molecular formula is C16H23NO2. The highest BCUT2D eigenvalue weighted by Gasteiger charge is 2.29. The number of hydrogen-bond acceptors (Lipinski definition) is 3. The van der Waals surface area contributed by atoms with Gasteiger partial charge in [0.25, 0.3) is 0 Å². The van der Waals surface area contributed by atoms with E-state index >= 15 is 0 Å². The molecular weight excluding hydrogens is 238 g/mol. The van der Waals surface area contributed by atoms with Crippen LogP contribution in [-0.4, -0.2) is 42.9 Å². The van der Waals surface area contributed by atoms with Gasteiger partial charge in [0, 0.05) is 19.0 Å². The molecule has 3 rings (SSSR count). The largest absolute Gasteiger partial charge is 0.493 e. The van der Waals surface area contributed by atoms with E-state index in [9.17, 15) is 5.11 Å². The first-order chi connectivity index (χ1) is 9.22. The van der Waals surface area contributed by atoms with Gasteiger partial charge in [-0.2, -0.15) is 0 Å². The molecule has 1 atom stereocenters. The molecule has 1 fully saturated rings. The summed E-state index contributed by atoms with van der Waals surface area (Å²) in [7, 11) is 2.20. The molecule has 1 N–H and O–H groups in total. The number of nitrogens with zero attached hydrogens (tertiary/aromatic N) is 1. The molecule has 0 radical (unpaired) electrons. The van der Waals surface area contributed by atoms with E-state index in [1.54, 1.807) is 0 Å². The smallest absolute Gasteiger partial charge is 0.122 e. The van der Waals surface area contributed by atoms with Crippen molar-refractivity contribution in [2.24, 2.45) is 5.92 Å². The zero-order chi connectivity index (χ0) is 13.2. The van der Waals surface area contributed by atoms with Crippen molar-refractivity contribution in [2.75, 3.05) is 26.7 Å². The number of para-hydroxylation sites is 1. The third kappa shape index (κ3) is 2.93. The van der Waals surface area contributed by atoms with Crippen LogP contribution in [-0.2, 0) is 0 Å². The average Bonchev–Trinajstić information content (AvgIpc) is 2.37. The van der Waals surface area contributed by atoms with Crippen LogP contribution in [0.2, 0.25) is 0 Å². The Labute approximate surface area is 115 Å². The Balaban J connectivity index is 1.58. The van der Waals surface area contributed by atoms with E-state index in [0.717, 1.165) is 44.7 Å². The molecule has 0 saturated heterocycles. The maximum Gasteiger partial charge on any atom is 0.122 e. The molecule has 1 saturated carbocycles. The highest BCUT2D eigenvalue weighted by molar-refractivity contribution is 5.37. The monoisotopic (exact) mass is 261 g/mol. The molecule has 3 nitrogen and oxygen atoms in total. The first-order valence-electron chi connectivity index (χ1n) is 7.30. The first-order valence-corrected chi connectivity index (χ1v) is 7.30. The number of benzene rings is 1. The van der Waals surface area contributed by atoms with Crippen LogP contribution in [0.25, 0.3) is 0 Å². The molecule has 0 bridgehead atoms. The Kier molecular flexibility index (Phi) is 3.76. The van der Waals surface area contributed by atoms with E-state index in [1.165, 1.54) is 5.56 Å². The molecule has 0 spiro atoms. The van der Waals surface area contributed by atoms with Gasteiger partial charge in [-0.25, -0.2) is 0 Å². The summed E-state index contributed by atoms with van der Waals surface area (Å²) in [5.41, 5.74) is 1.36. The number of ether oxygens (including phenoxy) is 1. The Morgan fingerprint density at radius 2 is 2.05 bits per heavy atom. The average molecular weight is 261 g/mol. The lowest BCUT2D eigenvalue weighted by molar-refractivity contribution is 0.0271. The van der Waals surface area contributed by atoms with Crippen LogP contribution in [0.5, 0.6) is 5.75 Å². The van der Waals surface area contributed by atoms with Crippen LogP contribution >= 0.6 is 0 Å². The van der Waals surface area contributed by atoms with Crippen molar-refractivity contribution in [2.45, 2.75) is 31.3 Å². The maximum atomic E-state index is 9.35. The van der Waals surface area contributed by atoms with Crippen LogP contribution in [0, 0.1) is 5.92 Å². The number of likely N-dealkylation sites (N-methyl/N-ethyl adjacent to an activating group) is 1. The van der Waals surface area contributed by atoms with E-state index in [4.69, 9.17) is 4.74 Å². The van der Waals surface area contributed by atoms with Gasteiger partial charge in [0.1, 0.15) is 5.75 Å². The molecule has 1 aromatic carbocycles. The lowest BCUT2D eigenvalue weighted by Gasteiger charge is -2.36. The highest BCUT2D eigenvalue weighted by atomic mass is 16.5. The Hall–Kier alpha value is -1.06. The van der Waals surface area contributed by atoms with Gasteiger partial charge in [-0.1, -0.05) is 18.2 Å². The lowest BCUT2D eigenvalue weighted by atomic mass is 9.82. The molecule has 1 aliphatic carbocycles. The van der Waals surface area contributed by atoms with Crippen molar-refractivity contribution in [3.8, 4) is 5.75 Å². The SMILES string of the molecule is CN(CC1CC(O)C1)CC1CCOc2ccccc21. The molecule has 1 aromatic rings. The third-order valence-electron chi connectivity index (χ3n) is 4.40. The molecule has 1 heterocycles. The topological polar surface area (TPSA) is 32.7 Å². The number of aliphatic hydroxyl groups is 1. The maximum absolute atomic E-state index is 9.35. The fourth-order valence-corrected chi connectivity index (χ4v) is 3.35. The number of fused-ring (bicyclic) bond motifs is 1. The van der Waals surface area contributed by atoms with Gasteiger partial charge in [0.05, 0.1) is 12.7 Å². The Bertz CT molecular complexity index is 429. The molecule has 1 aliphatic heterocycles. The van der Waals surface area contributed by atoms with E-state index in [0.29, 0.717) is 11.8 Å². The summed E-state index contributed by atoms with van der Waals surface area (Å²) in [5, 5.41) is 9.35. The van der Waals surface area contributed by atoms with Gasteiger partial charge in [-0.15, -0.1) is 0 Å². The summed E-state index contributed by atoms with van der Waals surface area (Å²) in [6, 6.07) is 8.41. The van der Waals surface area contributed by atoms with Crippen molar-refractivity contribution >= 4 is 0 Å². The molecule has 0 aromatic heterocycles. The van der Waals surface area contributed by atoms with Crippen molar-refractivity contribution in [3.63, 3.8) is 0 Å². The van der Waals surface area contributed by atoms with Crippen LogP contribution in [0.1, 0.15) is 30.7 Å². The summed E-state index contributed by atoms with van der Waals surface area (Å²) in [6.07, 6.45) is 3.03. The second-order valence-corrected chi connectivity index (χ2v) is 6.08. The molecule has 19 heavy (non-hydrogen) atoms. The zero-order valence-corrected chi connectivity index (χ0v) is 11.6. The number of rotatable bonds is 4. The van der Waals surface area contributed by atoms with Gasteiger partial charge in [-0.3, -0.25) is 0 Å². The predicted octanol–water partition coefficient (Wildman–Crippen LogP) is 2.26. The molecule has 3 heteroatoms. The third-order valence-corrected chi connectivity index (χ3v) is 4.40. The van der Waals surface area contributed by atoms with Crippen LogP contribution in [0.3, 0.4) is 0 Å². The minimum Gasteiger partial charge on any atom is -0.493 e. The summed E-state index contributed by atoms with van der Waals surface area (Å²) in [4.78, 5) is 2.42. The number of aliphatic hydroxyl groups excluding tert-OH is 1.